The molecular formula is C16H30IN7O3S. The molecule has 2 aliphatic heterocycles. The number of halogens is 1. The standard InChI is InChI=1S/C16H29N7O3S.HI/c1-17-16(18-9-13-5-4-8-23(13)27(3,24)25)19-12-6-7-15-20-14(11-26-2)21-22(15)10-12;/h12-13H,4-11H2,1-3H3,(H2,17,18,19);1H/t12?,13-;/m1./s1. The van der Waals surface area contributed by atoms with E-state index in [2.05, 4.69) is 25.7 Å². The lowest BCUT2D eigenvalue weighted by molar-refractivity contribution is 0.177. The summed E-state index contributed by atoms with van der Waals surface area (Å²) in [7, 11) is 0.190. The first-order valence-electron chi connectivity index (χ1n) is 9.26. The molecule has 2 aliphatic rings. The van der Waals surface area contributed by atoms with E-state index in [1.54, 1.807) is 18.5 Å². The molecule has 2 atom stereocenters. The van der Waals surface area contributed by atoms with Crippen LogP contribution in [0.1, 0.15) is 30.9 Å². The van der Waals surface area contributed by atoms with Crippen LogP contribution in [-0.4, -0.2) is 79.0 Å². The minimum Gasteiger partial charge on any atom is -0.377 e. The number of rotatable bonds is 6. The van der Waals surface area contributed by atoms with Crippen LogP contribution in [0.25, 0.3) is 0 Å². The van der Waals surface area contributed by atoms with Gasteiger partial charge in [0, 0.05) is 45.8 Å². The van der Waals surface area contributed by atoms with Crippen molar-refractivity contribution in [3.8, 4) is 0 Å². The van der Waals surface area contributed by atoms with Crippen LogP contribution in [0.3, 0.4) is 0 Å². The van der Waals surface area contributed by atoms with Crippen molar-refractivity contribution < 1.29 is 13.2 Å². The molecule has 3 heterocycles. The quantitative estimate of drug-likeness (QED) is 0.303. The van der Waals surface area contributed by atoms with Crippen LogP contribution in [-0.2, 0) is 34.3 Å². The van der Waals surface area contributed by atoms with Gasteiger partial charge >= 0.3 is 0 Å². The number of nitrogens with one attached hydrogen (secondary N) is 2. The molecule has 1 aromatic heterocycles. The lowest BCUT2D eigenvalue weighted by Gasteiger charge is -2.27. The molecule has 0 bridgehead atoms. The molecular weight excluding hydrogens is 497 g/mol. The van der Waals surface area contributed by atoms with E-state index in [9.17, 15) is 8.42 Å². The monoisotopic (exact) mass is 527 g/mol. The van der Waals surface area contributed by atoms with Gasteiger partial charge in [0.25, 0.3) is 0 Å². The molecule has 0 amide bonds. The second-order valence-electron chi connectivity index (χ2n) is 7.06. The predicted octanol–water partition coefficient (Wildman–Crippen LogP) is -0.0537. The zero-order valence-electron chi connectivity index (χ0n) is 16.6. The molecule has 0 aromatic carbocycles. The molecule has 0 saturated carbocycles. The van der Waals surface area contributed by atoms with E-state index in [0.29, 0.717) is 38.0 Å². The predicted molar refractivity (Wildman–Crippen MR) is 117 cm³/mol. The largest absolute Gasteiger partial charge is 0.377 e. The number of aromatic nitrogens is 3. The number of hydrogen-bond acceptors (Lipinski definition) is 6. The Morgan fingerprint density at radius 2 is 2.18 bits per heavy atom. The van der Waals surface area contributed by atoms with Gasteiger partial charge in [-0.1, -0.05) is 0 Å². The summed E-state index contributed by atoms with van der Waals surface area (Å²) in [5.74, 6) is 2.37. The zero-order valence-corrected chi connectivity index (χ0v) is 19.7. The van der Waals surface area contributed by atoms with Crippen LogP contribution in [0.2, 0.25) is 0 Å². The summed E-state index contributed by atoms with van der Waals surface area (Å²) in [5.41, 5.74) is 0. The number of aryl methyl sites for hydroxylation is 1. The molecule has 1 unspecified atom stereocenters. The van der Waals surface area contributed by atoms with Crippen LogP contribution < -0.4 is 10.6 Å². The van der Waals surface area contributed by atoms with Gasteiger partial charge in [-0.15, -0.1) is 24.0 Å². The maximum absolute atomic E-state index is 11.9. The topological polar surface area (TPSA) is 114 Å². The van der Waals surface area contributed by atoms with Crippen molar-refractivity contribution in [3.05, 3.63) is 11.6 Å². The third-order valence-electron chi connectivity index (χ3n) is 4.99. The maximum Gasteiger partial charge on any atom is 0.211 e. The zero-order chi connectivity index (χ0) is 19.4. The fraction of sp³-hybridized carbons (Fsp3) is 0.812. The van der Waals surface area contributed by atoms with E-state index in [0.717, 1.165) is 31.5 Å². The Kier molecular flexibility index (Phi) is 8.45. The molecule has 0 aliphatic carbocycles. The molecule has 12 heteroatoms. The van der Waals surface area contributed by atoms with Crippen molar-refractivity contribution in [3.63, 3.8) is 0 Å². The molecule has 10 nitrogen and oxygen atoms in total. The van der Waals surface area contributed by atoms with E-state index < -0.39 is 10.0 Å². The summed E-state index contributed by atoms with van der Waals surface area (Å²) in [4.78, 5) is 8.77. The van der Waals surface area contributed by atoms with Crippen LogP contribution in [0.5, 0.6) is 0 Å². The first-order valence-corrected chi connectivity index (χ1v) is 11.1. The lowest BCUT2D eigenvalue weighted by atomic mass is 10.1. The van der Waals surface area contributed by atoms with E-state index in [1.165, 1.54) is 6.26 Å². The SMILES string of the molecule is CN=C(NC[C@H]1CCCN1S(C)(=O)=O)NC1CCc2nc(COC)nn2C1.I. The van der Waals surface area contributed by atoms with Gasteiger partial charge < -0.3 is 15.4 Å². The number of fused-ring (bicyclic) bond motifs is 1. The molecule has 28 heavy (non-hydrogen) atoms. The van der Waals surface area contributed by atoms with Gasteiger partial charge in [0.15, 0.2) is 11.8 Å². The average molecular weight is 527 g/mol. The van der Waals surface area contributed by atoms with Crippen molar-refractivity contribution >= 4 is 40.0 Å². The lowest BCUT2D eigenvalue weighted by Crippen LogP contribution is -2.50. The summed E-state index contributed by atoms with van der Waals surface area (Å²) >= 11 is 0. The number of sulfonamides is 1. The van der Waals surface area contributed by atoms with E-state index >= 15 is 0 Å². The Hall–Kier alpha value is -0.990. The van der Waals surface area contributed by atoms with Crippen molar-refractivity contribution in [1.82, 2.24) is 29.7 Å². The van der Waals surface area contributed by atoms with Gasteiger partial charge in [-0.2, -0.15) is 9.40 Å². The fourth-order valence-electron chi connectivity index (χ4n) is 3.72. The number of hydrogen-bond donors (Lipinski definition) is 2. The highest BCUT2D eigenvalue weighted by Gasteiger charge is 2.31. The van der Waals surface area contributed by atoms with Crippen LogP contribution in [0, 0.1) is 0 Å². The summed E-state index contributed by atoms with van der Waals surface area (Å²) in [6, 6.07) is 0.166. The molecule has 1 saturated heterocycles. The number of guanidine groups is 1. The summed E-state index contributed by atoms with van der Waals surface area (Å²) < 4.78 is 32.3. The van der Waals surface area contributed by atoms with Crippen molar-refractivity contribution in [1.29, 1.82) is 0 Å². The third-order valence-corrected chi connectivity index (χ3v) is 6.33. The molecule has 1 aromatic rings. The highest BCUT2D eigenvalue weighted by molar-refractivity contribution is 14.0. The fourth-order valence-corrected chi connectivity index (χ4v) is 4.90. The molecule has 3 rings (SSSR count). The van der Waals surface area contributed by atoms with E-state index in [1.807, 2.05) is 4.68 Å². The minimum atomic E-state index is -3.17. The first-order chi connectivity index (χ1) is 12.9. The molecule has 1 fully saturated rings. The maximum atomic E-state index is 11.9. The van der Waals surface area contributed by atoms with Gasteiger partial charge in [-0.3, -0.25) is 4.99 Å². The third kappa shape index (κ3) is 5.76. The summed E-state index contributed by atoms with van der Waals surface area (Å²) in [6.07, 6.45) is 4.81. The molecule has 0 radical (unpaired) electrons. The van der Waals surface area contributed by atoms with Crippen molar-refractivity contribution in [2.24, 2.45) is 4.99 Å². The minimum absolute atomic E-state index is 0. The summed E-state index contributed by atoms with van der Waals surface area (Å²) in [5, 5.41) is 11.2. The second-order valence-corrected chi connectivity index (χ2v) is 9.00. The van der Waals surface area contributed by atoms with Gasteiger partial charge in [0.05, 0.1) is 12.8 Å². The van der Waals surface area contributed by atoms with Crippen LogP contribution >= 0.6 is 24.0 Å². The molecule has 0 spiro atoms. The Labute approximate surface area is 183 Å². The Morgan fingerprint density at radius 1 is 1.39 bits per heavy atom. The van der Waals surface area contributed by atoms with Gasteiger partial charge in [0.2, 0.25) is 10.0 Å². The molecule has 160 valence electrons. The van der Waals surface area contributed by atoms with Crippen LogP contribution in [0.4, 0.5) is 0 Å². The normalized spacial score (nSPS) is 23.2. The number of nitrogens with zero attached hydrogens (tertiary/aromatic N) is 5. The Morgan fingerprint density at radius 3 is 2.86 bits per heavy atom. The Balaban J connectivity index is 0.00000280. The Bertz CT molecular complexity index is 783. The highest BCUT2D eigenvalue weighted by atomic mass is 127. The van der Waals surface area contributed by atoms with Gasteiger partial charge in [-0.05, 0) is 19.3 Å². The smallest absolute Gasteiger partial charge is 0.211 e. The van der Waals surface area contributed by atoms with Crippen LogP contribution in [0.15, 0.2) is 4.99 Å². The summed E-state index contributed by atoms with van der Waals surface area (Å²) in [6.45, 7) is 2.27. The number of ether oxygens (including phenoxy) is 1. The number of methoxy groups -OCH3 is 1. The van der Waals surface area contributed by atoms with Gasteiger partial charge in [-0.25, -0.2) is 18.1 Å². The van der Waals surface area contributed by atoms with Crippen molar-refractivity contribution in [2.45, 2.75) is 50.9 Å². The van der Waals surface area contributed by atoms with Crippen molar-refractivity contribution in [2.75, 3.05) is 33.5 Å². The number of aliphatic imine (C=N–C) groups is 1. The van der Waals surface area contributed by atoms with E-state index in [-0.39, 0.29) is 36.1 Å². The highest BCUT2D eigenvalue weighted by Crippen LogP contribution is 2.19. The first kappa shape index (κ1) is 23.3. The van der Waals surface area contributed by atoms with Gasteiger partial charge in [0.1, 0.15) is 12.4 Å². The second kappa shape index (κ2) is 10.2. The van der Waals surface area contributed by atoms with E-state index in [4.69, 9.17) is 4.74 Å². The molecule has 2 N–H and O–H groups in total. The average Bonchev–Trinajstić information content (AvgIpc) is 3.24.